The fourth-order valence-electron chi connectivity index (χ4n) is 5.65. The van der Waals surface area contributed by atoms with Crippen LogP contribution in [0.1, 0.15) is 48.8 Å². The molecule has 3 aromatic rings. The molecule has 152 valence electrons. The summed E-state index contributed by atoms with van der Waals surface area (Å²) in [7, 11) is 0. The zero-order valence-corrected chi connectivity index (χ0v) is 16.3. The summed E-state index contributed by atoms with van der Waals surface area (Å²) in [5.74, 6) is 1.16. The molecule has 0 fully saturated rings. The number of nitrogens with zero attached hydrogens (tertiary/aromatic N) is 3. The summed E-state index contributed by atoms with van der Waals surface area (Å²) in [5, 5.41) is 8.47. The number of rotatable bonds is 2. The number of alkyl halides is 3. The highest BCUT2D eigenvalue weighted by Crippen LogP contribution is 2.55. The molecule has 3 atom stereocenters. The van der Waals surface area contributed by atoms with E-state index in [0.29, 0.717) is 18.5 Å². The normalized spacial score (nSPS) is 26.0. The Bertz CT molecular complexity index is 1050. The first-order valence-corrected chi connectivity index (χ1v) is 9.94. The van der Waals surface area contributed by atoms with Crippen LogP contribution in [-0.4, -0.2) is 21.1 Å². The van der Waals surface area contributed by atoms with E-state index in [-0.39, 0.29) is 11.8 Å². The molecule has 0 N–H and O–H groups in total. The third-order valence-electron chi connectivity index (χ3n) is 6.74. The Morgan fingerprint density at radius 3 is 2.72 bits per heavy atom. The Labute approximate surface area is 166 Å². The van der Waals surface area contributed by atoms with Gasteiger partial charge in [-0.05, 0) is 25.2 Å². The van der Waals surface area contributed by atoms with Crippen LogP contribution in [-0.2, 0) is 24.8 Å². The predicted molar refractivity (Wildman–Crippen MR) is 102 cm³/mol. The Kier molecular flexibility index (Phi) is 3.95. The molecule has 0 saturated heterocycles. The van der Waals surface area contributed by atoms with Gasteiger partial charge in [-0.15, -0.1) is 0 Å². The highest BCUT2D eigenvalue weighted by molar-refractivity contribution is 5.65. The summed E-state index contributed by atoms with van der Waals surface area (Å²) in [6.07, 6.45) is -0.400. The minimum atomic E-state index is -4.33. The van der Waals surface area contributed by atoms with Crippen molar-refractivity contribution >= 4 is 0 Å². The Morgan fingerprint density at radius 1 is 1.24 bits per heavy atom. The molecule has 2 heterocycles. The highest BCUT2D eigenvalue weighted by atomic mass is 19.4. The quantitative estimate of drug-likeness (QED) is 0.587. The average Bonchev–Trinajstić information content (AvgIpc) is 3.26. The van der Waals surface area contributed by atoms with Gasteiger partial charge < -0.3 is 4.52 Å². The lowest BCUT2D eigenvalue weighted by Gasteiger charge is -2.47. The Morgan fingerprint density at radius 2 is 2.00 bits per heavy atom. The maximum Gasteiger partial charge on any atom is 0.408 e. The molecule has 0 unspecified atom stereocenters. The lowest BCUT2D eigenvalue weighted by molar-refractivity contribution is -0.143. The predicted octanol–water partition coefficient (Wildman–Crippen LogP) is 5.28. The molecule has 0 aliphatic heterocycles. The molecule has 29 heavy (non-hydrogen) atoms. The van der Waals surface area contributed by atoms with Gasteiger partial charge in [-0.2, -0.15) is 18.3 Å². The van der Waals surface area contributed by atoms with Crippen molar-refractivity contribution in [2.45, 2.75) is 57.2 Å². The first-order valence-electron chi connectivity index (χ1n) is 9.94. The number of aromatic nitrogens is 3. The van der Waals surface area contributed by atoms with Crippen molar-refractivity contribution in [1.29, 1.82) is 0 Å². The van der Waals surface area contributed by atoms with E-state index >= 15 is 0 Å². The van der Waals surface area contributed by atoms with Gasteiger partial charge in [0, 0.05) is 33.7 Å². The summed E-state index contributed by atoms with van der Waals surface area (Å²) in [5.41, 5.74) is 3.76. The lowest BCUT2D eigenvalue weighted by atomic mass is 9.56. The van der Waals surface area contributed by atoms with Crippen LogP contribution in [0.3, 0.4) is 0 Å². The van der Waals surface area contributed by atoms with E-state index in [1.54, 1.807) is 6.20 Å². The Balaban J connectivity index is 1.72. The number of benzene rings is 1. The van der Waals surface area contributed by atoms with Gasteiger partial charge >= 0.3 is 6.18 Å². The molecule has 0 bridgehead atoms. The third-order valence-corrected chi connectivity index (χ3v) is 6.74. The molecule has 1 aromatic carbocycles. The largest absolute Gasteiger partial charge is 0.408 e. The van der Waals surface area contributed by atoms with Crippen molar-refractivity contribution in [3.05, 3.63) is 59.1 Å². The van der Waals surface area contributed by atoms with Gasteiger partial charge in [-0.25, -0.2) is 0 Å². The zero-order chi connectivity index (χ0) is 20.4. The van der Waals surface area contributed by atoms with Crippen molar-refractivity contribution in [2.24, 2.45) is 5.92 Å². The lowest BCUT2D eigenvalue weighted by Crippen LogP contribution is -2.46. The number of hydrogen-bond donors (Lipinski definition) is 0. The molecule has 0 radical (unpaired) electrons. The highest BCUT2D eigenvalue weighted by Gasteiger charge is 2.52. The van der Waals surface area contributed by atoms with E-state index in [2.05, 4.69) is 24.1 Å². The van der Waals surface area contributed by atoms with Crippen molar-refractivity contribution in [2.75, 3.05) is 0 Å². The van der Waals surface area contributed by atoms with Gasteiger partial charge in [-0.3, -0.25) is 4.68 Å². The molecule has 0 saturated carbocycles. The van der Waals surface area contributed by atoms with Gasteiger partial charge in [0.15, 0.2) is 0 Å². The number of hydrogen-bond acceptors (Lipinski definition) is 3. The fourth-order valence-corrected chi connectivity index (χ4v) is 5.65. The van der Waals surface area contributed by atoms with Gasteiger partial charge in [-0.1, -0.05) is 49.3 Å². The molecular formula is C22H22F3N3O. The van der Waals surface area contributed by atoms with Crippen molar-refractivity contribution < 1.29 is 17.7 Å². The van der Waals surface area contributed by atoms with Gasteiger partial charge in [0.2, 0.25) is 0 Å². The first kappa shape index (κ1) is 18.5. The maximum atomic E-state index is 13.5. The number of fused-ring (bicyclic) bond motifs is 4. The van der Waals surface area contributed by atoms with Crippen LogP contribution in [0.4, 0.5) is 13.2 Å². The monoisotopic (exact) mass is 401 g/mol. The summed E-state index contributed by atoms with van der Waals surface area (Å²) in [6, 6.07) is 9.51. The standard InChI is InChI=1S/C22H22F3N3O/c1-13-17-9-8-16-18(14-6-4-3-5-7-14)27-28(12-22(23,24)25)20(16)21(17,2)10-15-11-26-29-19(13)15/h3-7,11,13,17H,8-10,12H2,1-2H3/t13-,17-,21-/m1/s1. The van der Waals surface area contributed by atoms with Crippen LogP contribution in [0.15, 0.2) is 41.1 Å². The molecule has 0 spiro atoms. The van der Waals surface area contributed by atoms with Crippen molar-refractivity contribution in [1.82, 2.24) is 14.9 Å². The minimum absolute atomic E-state index is 0.105. The van der Waals surface area contributed by atoms with E-state index in [9.17, 15) is 13.2 Å². The second-order valence-corrected chi connectivity index (χ2v) is 8.56. The Hall–Kier alpha value is -2.57. The van der Waals surface area contributed by atoms with Gasteiger partial charge in [0.1, 0.15) is 12.3 Å². The number of halogens is 3. The third kappa shape index (κ3) is 2.81. The van der Waals surface area contributed by atoms with Crippen LogP contribution in [0, 0.1) is 5.92 Å². The van der Waals surface area contributed by atoms with Crippen LogP contribution in [0.5, 0.6) is 0 Å². The van der Waals surface area contributed by atoms with E-state index < -0.39 is 18.1 Å². The van der Waals surface area contributed by atoms with Crippen LogP contribution < -0.4 is 0 Å². The second-order valence-electron chi connectivity index (χ2n) is 8.56. The first-order chi connectivity index (χ1) is 13.8. The van der Waals surface area contributed by atoms with Gasteiger partial charge in [0.25, 0.3) is 0 Å². The molecule has 2 aromatic heterocycles. The molecule has 2 aliphatic carbocycles. The van der Waals surface area contributed by atoms with E-state index in [1.165, 1.54) is 4.68 Å². The summed E-state index contributed by atoms with van der Waals surface area (Å²) >= 11 is 0. The van der Waals surface area contributed by atoms with E-state index in [4.69, 9.17) is 4.52 Å². The van der Waals surface area contributed by atoms with Gasteiger partial charge in [0.05, 0.1) is 11.9 Å². The topological polar surface area (TPSA) is 43.9 Å². The fraction of sp³-hybridized carbons (Fsp3) is 0.455. The zero-order valence-electron chi connectivity index (χ0n) is 16.3. The summed E-state index contributed by atoms with van der Waals surface area (Å²) in [6.45, 7) is 3.11. The minimum Gasteiger partial charge on any atom is -0.361 e. The second kappa shape index (κ2) is 6.21. The van der Waals surface area contributed by atoms with Crippen LogP contribution in [0.25, 0.3) is 11.3 Å². The maximum absolute atomic E-state index is 13.5. The van der Waals surface area contributed by atoms with Crippen LogP contribution >= 0.6 is 0 Å². The summed E-state index contributed by atoms with van der Waals surface area (Å²) < 4.78 is 47.1. The SMILES string of the molecule is C[C@H]1c2oncc2C[C@@]2(C)c3c(c(-c4ccccc4)nn3CC(F)(F)F)CC[C@H]12. The smallest absolute Gasteiger partial charge is 0.361 e. The van der Waals surface area contributed by atoms with Crippen molar-refractivity contribution in [3.8, 4) is 11.3 Å². The molecule has 5 rings (SSSR count). The molecule has 4 nitrogen and oxygen atoms in total. The van der Waals surface area contributed by atoms with E-state index in [0.717, 1.165) is 34.6 Å². The molecular weight excluding hydrogens is 379 g/mol. The molecule has 0 amide bonds. The van der Waals surface area contributed by atoms with Crippen LogP contribution in [0.2, 0.25) is 0 Å². The molecule has 2 aliphatic rings. The molecule has 7 heteroatoms. The summed E-state index contributed by atoms with van der Waals surface area (Å²) in [4.78, 5) is 0. The van der Waals surface area contributed by atoms with Crippen molar-refractivity contribution in [3.63, 3.8) is 0 Å². The van der Waals surface area contributed by atoms with E-state index in [1.807, 2.05) is 30.3 Å². The average molecular weight is 401 g/mol.